The van der Waals surface area contributed by atoms with Crippen LogP contribution in [0.2, 0.25) is 25.7 Å². The van der Waals surface area contributed by atoms with Gasteiger partial charge in [-0.05, 0) is 12.1 Å². The predicted octanol–water partition coefficient (Wildman–Crippen LogP) is 6.09. The van der Waals surface area contributed by atoms with Gasteiger partial charge in [0.05, 0.1) is 18.2 Å². The molecule has 0 amide bonds. The molecular weight excluding hydrogens is 402 g/mol. The van der Waals surface area contributed by atoms with Crippen molar-refractivity contribution in [3.05, 3.63) is 67.1 Å². The first-order valence-electron chi connectivity index (χ1n) is 10.6. The lowest BCUT2D eigenvalue weighted by atomic mass is 10.0. The summed E-state index contributed by atoms with van der Waals surface area (Å²) in [6, 6.07) is 19.4. The molecule has 4 rings (SSSR count). The van der Waals surface area contributed by atoms with Gasteiger partial charge in [0, 0.05) is 37.6 Å². The van der Waals surface area contributed by atoms with E-state index in [9.17, 15) is 0 Å². The Bertz CT molecular complexity index is 1170. The van der Waals surface area contributed by atoms with Crippen molar-refractivity contribution in [2.24, 2.45) is 0 Å². The molecule has 0 bridgehead atoms. The van der Waals surface area contributed by atoms with E-state index in [1.165, 1.54) is 0 Å². The maximum Gasteiger partial charge on any atom is 0.146 e. The number of fused-ring (bicyclic) bond motifs is 1. The van der Waals surface area contributed by atoms with E-state index >= 15 is 0 Å². The molecule has 0 aliphatic rings. The van der Waals surface area contributed by atoms with Crippen molar-refractivity contribution in [1.82, 2.24) is 14.5 Å². The number of nitrogens with zero attached hydrogens (tertiary/aromatic N) is 3. The minimum absolute atomic E-state index is 0.460. The molecule has 0 radical (unpaired) electrons. The maximum atomic E-state index is 6.06. The van der Waals surface area contributed by atoms with E-state index in [0.29, 0.717) is 6.73 Å². The lowest BCUT2D eigenvalue weighted by molar-refractivity contribution is 0.0899. The van der Waals surface area contributed by atoms with Gasteiger partial charge >= 0.3 is 0 Å². The number of ether oxygens (including phenoxy) is 2. The Morgan fingerprint density at radius 3 is 2.39 bits per heavy atom. The van der Waals surface area contributed by atoms with Crippen LogP contribution in [-0.4, -0.2) is 36.3 Å². The van der Waals surface area contributed by atoms with E-state index < -0.39 is 8.07 Å². The van der Waals surface area contributed by atoms with Gasteiger partial charge in [0.1, 0.15) is 24.5 Å². The van der Waals surface area contributed by atoms with Crippen molar-refractivity contribution in [3.8, 4) is 28.1 Å². The fraction of sp³-hybridized carbons (Fsp3) is 0.280. The highest BCUT2D eigenvalue weighted by atomic mass is 28.3. The van der Waals surface area contributed by atoms with E-state index in [1.807, 2.05) is 36.4 Å². The highest BCUT2D eigenvalue weighted by Crippen LogP contribution is 2.39. The van der Waals surface area contributed by atoms with E-state index in [2.05, 4.69) is 58.6 Å². The van der Waals surface area contributed by atoms with Crippen LogP contribution in [0.1, 0.15) is 0 Å². The van der Waals surface area contributed by atoms with Crippen LogP contribution in [0.25, 0.3) is 33.4 Å². The van der Waals surface area contributed by atoms with Gasteiger partial charge in [0.25, 0.3) is 0 Å². The summed E-state index contributed by atoms with van der Waals surface area (Å²) in [4.78, 5) is 9.30. The summed E-state index contributed by atoms with van der Waals surface area (Å²) >= 11 is 0. The van der Waals surface area contributed by atoms with Crippen molar-refractivity contribution in [1.29, 1.82) is 0 Å². The van der Waals surface area contributed by atoms with Crippen LogP contribution in [-0.2, 0) is 11.5 Å². The Morgan fingerprint density at radius 2 is 1.65 bits per heavy atom. The molecule has 2 aromatic carbocycles. The minimum atomic E-state index is -1.14. The zero-order valence-corrected chi connectivity index (χ0v) is 19.6. The van der Waals surface area contributed by atoms with Gasteiger partial charge in [-0.15, -0.1) is 0 Å². The molecule has 0 N–H and O–H groups in total. The second-order valence-corrected chi connectivity index (χ2v) is 14.5. The van der Waals surface area contributed by atoms with Gasteiger partial charge < -0.3 is 14.0 Å². The van der Waals surface area contributed by atoms with Gasteiger partial charge in [-0.25, -0.2) is 9.97 Å². The van der Waals surface area contributed by atoms with Gasteiger partial charge in [-0.2, -0.15) is 0 Å². The number of para-hydroxylation sites is 1. The Morgan fingerprint density at radius 1 is 0.903 bits per heavy atom. The number of hydrogen-bond acceptors (Lipinski definition) is 4. The number of benzene rings is 2. The smallest absolute Gasteiger partial charge is 0.146 e. The first kappa shape index (κ1) is 21.3. The molecule has 2 aromatic heterocycles. The standard InChI is InChI=1S/C25H29N3O2Si/c1-29-22-13-9-8-12-20(22)21-16-28(18-30-14-15-31(2,3)4)25-23(21)24(26-17-27-25)19-10-6-5-7-11-19/h5-13,16-17H,14-15,18H2,1-4H3. The topological polar surface area (TPSA) is 49.2 Å². The SMILES string of the molecule is COc1ccccc1-c1cn(COCC[Si](C)(C)C)c2ncnc(-c3ccccc3)c12. The van der Waals surface area contributed by atoms with Crippen LogP contribution in [0.15, 0.2) is 67.1 Å². The second kappa shape index (κ2) is 9.04. The quantitative estimate of drug-likeness (QED) is 0.250. The first-order valence-corrected chi connectivity index (χ1v) is 14.3. The summed E-state index contributed by atoms with van der Waals surface area (Å²) in [5.41, 5.74) is 4.89. The normalized spacial score (nSPS) is 11.7. The summed E-state index contributed by atoms with van der Waals surface area (Å²) in [5, 5.41) is 1.01. The third-order valence-corrected chi connectivity index (χ3v) is 7.03. The van der Waals surface area contributed by atoms with Crippen LogP contribution in [0.4, 0.5) is 0 Å². The van der Waals surface area contributed by atoms with E-state index in [-0.39, 0.29) is 0 Å². The van der Waals surface area contributed by atoms with Crippen LogP contribution >= 0.6 is 0 Å². The summed E-state index contributed by atoms with van der Waals surface area (Å²) in [6.07, 6.45) is 3.74. The fourth-order valence-corrected chi connectivity index (χ4v) is 4.41. The minimum Gasteiger partial charge on any atom is -0.496 e. The van der Waals surface area contributed by atoms with Crippen LogP contribution < -0.4 is 4.74 Å². The summed E-state index contributed by atoms with van der Waals surface area (Å²) in [6.45, 7) is 8.30. The van der Waals surface area contributed by atoms with Crippen LogP contribution in [0.5, 0.6) is 5.75 Å². The zero-order valence-electron chi connectivity index (χ0n) is 18.6. The third-order valence-electron chi connectivity index (χ3n) is 5.32. The molecule has 0 atom stereocenters. The monoisotopic (exact) mass is 431 g/mol. The highest BCUT2D eigenvalue weighted by molar-refractivity contribution is 6.76. The molecule has 4 aromatic rings. The fourth-order valence-electron chi connectivity index (χ4n) is 3.65. The van der Waals surface area contributed by atoms with Gasteiger partial charge in [0.2, 0.25) is 0 Å². The van der Waals surface area contributed by atoms with Crippen LogP contribution in [0.3, 0.4) is 0 Å². The molecule has 0 spiro atoms. The molecule has 160 valence electrons. The zero-order chi connectivity index (χ0) is 21.8. The molecule has 2 heterocycles. The van der Waals surface area contributed by atoms with Crippen LogP contribution in [0, 0.1) is 0 Å². The van der Waals surface area contributed by atoms with E-state index in [1.54, 1.807) is 13.4 Å². The molecule has 0 saturated heterocycles. The average molecular weight is 432 g/mol. The van der Waals surface area contributed by atoms with Gasteiger partial charge in [-0.1, -0.05) is 68.2 Å². The molecule has 0 saturated carbocycles. The first-order chi connectivity index (χ1) is 15.0. The second-order valence-electron chi connectivity index (χ2n) is 8.85. The molecule has 5 nitrogen and oxygen atoms in total. The molecule has 0 fully saturated rings. The molecule has 31 heavy (non-hydrogen) atoms. The van der Waals surface area contributed by atoms with Crippen molar-refractivity contribution in [2.45, 2.75) is 32.4 Å². The van der Waals surface area contributed by atoms with Crippen molar-refractivity contribution in [2.75, 3.05) is 13.7 Å². The van der Waals surface area contributed by atoms with Crippen molar-refractivity contribution >= 4 is 19.1 Å². The summed E-state index contributed by atoms with van der Waals surface area (Å²) in [7, 11) is 0.562. The maximum absolute atomic E-state index is 6.06. The molecule has 0 unspecified atom stereocenters. The Balaban J connectivity index is 1.83. The number of rotatable bonds is 8. The summed E-state index contributed by atoms with van der Waals surface area (Å²) < 4.78 is 13.8. The Labute approximate surface area is 184 Å². The Kier molecular flexibility index (Phi) is 6.20. The van der Waals surface area contributed by atoms with Gasteiger partial charge in [-0.3, -0.25) is 0 Å². The van der Waals surface area contributed by atoms with Gasteiger partial charge in [0.15, 0.2) is 0 Å². The number of hydrogen-bond donors (Lipinski definition) is 0. The highest BCUT2D eigenvalue weighted by Gasteiger charge is 2.20. The number of methoxy groups -OCH3 is 1. The molecule has 0 aliphatic carbocycles. The number of aromatic nitrogens is 3. The molecule has 6 heteroatoms. The lowest BCUT2D eigenvalue weighted by Crippen LogP contribution is -2.22. The molecular formula is C25H29N3O2Si. The third kappa shape index (κ3) is 4.70. The average Bonchev–Trinajstić information content (AvgIpc) is 3.15. The molecule has 0 aliphatic heterocycles. The lowest BCUT2D eigenvalue weighted by Gasteiger charge is -2.15. The van der Waals surface area contributed by atoms with E-state index in [4.69, 9.17) is 9.47 Å². The Hall–Kier alpha value is -2.96. The predicted molar refractivity (Wildman–Crippen MR) is 129 cm³/mol. The van der Waals surface area contributed by atoms with Crippen molar-refractivity contribution < 1.29 is 9.47 Å². The van der Waals surface area contributed by atoms with E-state index in [0.717, 1.165) is 51.8 Å². The van der Waals surface area contributed by atoms with Crippen molar-refractivity contribution in [3.63, 3.8) is 0 Å². The summed E-state index contributed by atoms with van der Waals surface area (Å²) in [5.74, 6) is 0.823. The largest absolute Gasteiger partial charge is 0.496 e.